The molecule has 3 heterocycles. The zero-order chi connectivity index (χ0) is 15.8. The summed E-state index contributed by atoms with van der Waals surface area (Å²) in [6, 6.07) is 11.8. The number of aromatic nitrogens is 3. The van der Waals surface area contributed by atoms with Gasteiger partial charge in [-0.3, -0.25) is 14.3 Å². The summed E-state index contributed by atoms with van der Waals surface area (Å²) < 4.78 is 2.88. The molecule has 1 aliphatic heterocycles. The van der Waals surface area contributed by atoms with E-state index in [9.17, 15) is 4.79 Å². The number of nitrogens with one attached hydrogen (secondary N) is 1. The van der Waals surface area contributed by atoms with E-state index in [0.717, 1.165) is 27.2 Å². The Hall–Kier alpha value is -2.47. The van der Waals surface area contributed by atoms with E-state index in [4.69, 9.17) is 0 Å². The van der Waals surface area contributed by atoms with E-state index < -0.39 is 0 Å². The molecule has 1 N–H and O–H groups in total. The van der Waals surface area contributed by atoms with Crippen molar-refractivity contribution in [3.05, 3.63) is 70.8 Å². The Bertz CT molecular complexity index is 858. The highest BCUT2D eigenvalue weighted by atomic mass is 79.9. The lowest BCUT2D eigenvalue weighted by Crippen LogP contribution is -2.24. The lowest BCUT2D eigenvalue weighted by molar-refractivity contribution is -0.116. The summed E-state index contributed by atoms with van der Waals surface area (Å²) in [7, 11) is 0. The number of amides is 1. The van der Waals surface area contributed by atoms with Gasteiger partial charge in [0, 0.05) is 23.0 Å². The molecular weight excluding hydrogens is 356 g/mol. The number of carbonyl (C=O) groups is 1. The van der Waals surface area contributed by atoms with Crippen molar-refractivity contribution in [1.29, 1.82) is 0 Å². The van der Waals surface area contributed by atoms with Gasteiger partial charge in [-0.25, -0.2) is 4.98 Å². The van der Waals surface area contributed by atoms with Gasteiger partial charge in [-0.1, -0.05) is 28.1 Å². The molecule has 1 atom stereocenters. The summed E-state index contributed by atoms with van der Waals surface area (Å²) >= 11 is 3.44. The van der Waals surface area contributed by atoms with E-state index >= 15 is 0 Å². The molecule has 2 aromatic heterocycles. The van der Waals surface area contributed by atoms with Gasteiger partial charge in [-0.2, -0.15) is 0 Å². The summed E-state index contributed by atoms with van der Waals surface area (Å²) in [4.78, 5) is 20.9. The van der Waals surface area contributed by atoms with Gasteiger partial charge < -0.3 is 5.32 Å². The van der Waals surface area contributed by atoms with E-state index in [1.54, 1.807) is 18.7 Å². The van der Waals surface area contributed by atoms with Crippen LogP contribution in [0.1, 0.15) is 23.6 Å². The Balaban J connectivity index is 1.81. The van der Waals surface area contributed by atoms with Crippen molar-refractivity contribution in [3.63, 3.8) is 0 Å². The number of hydrogen-bond donors (Lipinski definition) is 1. The van der Waals surface area contributed by atoms with Crippen LogP contribution in [0.25, 0.3) is 5.69 Å². The quantitative estimate of drug-likeness (QED) is 0.752. The highest BCUT2D eigenvalue weighted by Gasteiger charge is 2.30. The van der Waals surface area contributed by atoms with Gasteiger partial charge in [-0.05, 0) is 29.8 Å². The fraction of sp³-hybridized carbons (Fsp3) is 0.118. The van der Waals surface area contributed by atoms with Gasteiger partial charge in [0.25, 0.3) is 0 Å². The monoisotopic (exact) mass is 368 g/mol. The molecule has 0 saturated carbocycles. The van der Waals surface area contributed by atoms with Crippen molar-refractivity contribution < 1.29 is 4.79 Å². The predicted octanol–water partition coefficient (Wildman–Crippen LogP) is 3.50. The average molecular weight is 369 g/mol. The van der Waals surface area contributed by atoms with Gasteiger partial charge in [0.2, 0.25) is 5.91 Å². The maximum atomic E-state index is 12.2. The van der Waals surface area contributed by atoms with Crippen LogP contribution in [-0.4, -0.2) is 20.4 Å². The van der Waals surface area contributed by atoms with Crippen LogP contribution in [0.4, 0.5) is 5.82 Å². The predicted molar refractivity (Wildman–Crippen MR) is 90.6 cm³/mol. The fourth-order valence-electron chi connectivity index (χ4n) is 2.87. The number of hydrogen-bond acceptors (Lipinski definition) is 3. The number of pyridine rings is 1. The maximum absolute atomic E-state index is 12.2. The number of fused-ring (bicyclic) bond motifs is 1. The number of nitrogens with zero attached hydrogens (tertiary/aromatic N) is 3. The second kappa shape index (κ2) is 5.62. The molecule has 5 nitrogen and oxygen atoms in total. The van der Waals surface area contributed by atoms with Gasteiger partial charge in [0.15, 0.2) is 0 Å². The minimum absolute atomic E-state index is 0.00365. The smallest absolute Gasteiger partial charge is 0.226 e. The summed E-state index contributed by atoms with van der Waals surface area (Å²) in [5.41, 5.74) is 2.84. The summed E-state index contributed by atoms with van der Waals surface area (Å²) in [5, 5.41) is 2.94. The van der Waals surface area contributed by atoms with E-state index in [0.29, 0.717) is 6.42 Å². The Morgan fingerprint density at radius 2 is 2.04 bits per heavy atom. The number of imidazole rings is 1. The van der Waals surface area contributed by atoms with Crippen molar-refractivity contribution in [1.82, 2.24) is 14.5 Å². The first kappa shape index (κ1) is 14.1. The molecule has 0 unspecified atom stereocenters. The number of benzene rings is 1. The van der Waals surface area contributed by atoms with Crippen LogP contribution in [0.2, 0.25) is 0 Å². The molecule has 0 bridgehead atoms. The largest absolute Gasteiger partial charge is 0.310 e. The lowest BCUT2D eigenvalue weighted by Gasteiger charge is -2.23. The molecule has 1 amide bonds. The van der Waals surface area contributed by atoms with Crippen molar-refractivity contribution in [2.75, 3.05) is 5.32 Å². The molecule has 114 valence electrons. The molecule has 4 rings (SSSR count). The molecule has 23 heavy (non-hydrogen) atoms. The van der Waals surface area contributed by atoms with Crippen LogP contribution in [0.3, 0.4) is 0 Å². The molecular formula is C17H13BrN4O. The van der Waals surface area contributed by atoms with E-state index in [1.165, 1.54) is 0 Å². The van der Waals surface area contributed by atoms with Crippen LogP contribution >= 0.6 is 15.9 Å². The summed E-state index contributed by atoms with van der Waals surface area (Å²) in [5.74, 6) is 0.683. The standard InChI is InChI=1S/C17H13BrN4O/c18-12-5-3-11(4-6-12)14-8-15(23)21-17-16(14)20-10-22(17)13-2-1-7-19-9-13/h1-7,9-10,14H,8H2,(H,21,23)/t14-/m1/s1. The van der Waals surface area contributed by atoms with Crippen LogP contribution in [0.15, 0.2) is 59.6 Å². The van der Waals surface area contributed by atoms with Crippen molar-refractivity contribution >= 4 is 27.7 Å². The van der Waals surface area contributed by atoms with Crippen molar-refractivity contribution in [2.24, 2.45) is 0 Å². The number of carbonyl (C=O) groups excluding carboxylic acids is 1. The van der Waals surface area contributed by atoms with Gasteiger partial charge in [-0.15, -0.1) is 0 Å². The first-order valence-corrected chi connectivity index (χ1v) is 8.04. The highest BCUT2D eigenvalue weighted by molar-refractivity contribution is 9.10. The third-order valence-electron chi connectivity index (χ3n) is 3.97. The molecule has 1 aromatic carbocycles. The molecule has 6 heteroatoms. The first-order valence-electron chi connectivity index (χ1n) is 7.25. The molecule has 0 fully saturated rings. The highest BCUT2D eigenvalue weighted by Crippen LogP contribution is 2.37. The molecule has 0 aliphatic carbocycles. The zero-order valence-corrected chi connectivity index (χ0v) is 13.7. The van der Waals surface area contributed by atoms with E-state index in [2.05, 4.69) is 31.2 Å². The van der Waals surface area contributed by atoms with Crippen LogP contribution in [0.5, 0.6) is 0 Å². The Morgan fingerprint density at radius 3 is 2.78 bits per heavy atom. The summed E-state index contributed by atoms with van der Waals surface area (Å²) in [6.07, 6.45) is 5.60. The van der Waals surface area contributed by atoms with Crippen LogP contribution in [-0.2, 0) is 4.79 Å². The maximum Gasteiger partial charge on any atom is 0.226 e. The molecule has 0 radical (unpaired) electrons. The number of halogens is 1. The zero-order valence-electron chi connectivity index (χ0n) is 12.1. The van der Waals surface area contributed by atoms with E-state index in [1.807, 2.05) is 41.0 Å². The minimum Gasteiger partial charge on any atom is -0.310 e. The number of rotatable bonds is 2. The topological polar surface area (TPSA) is 59.8 Å². The summed E-state index contributed by atoms with van der Waals surface area (Å²) in [6.45, 7) is 0. The van der Waals surface area contributed by atoms with Crippen LogP contribution in [0, 0.1) is 0 Å². The van der Waals surface area contributed by atoms with Crippen LogP contribution < -0.4 is 5.32 Å². The van der Waals surface area contributed by atoms with Gasteiger partial charge in [0.1, 0.15) is 12.1 Å². The third-order valence-corrected chi connectivity index (χ3v) is 4.50. The second-order valence-corrected chi connectivity index (χ2v) is 6.33. The minimum atomic E-state index is -0.0372. The van der Waals surface area contributed by atoms with E-state index in [-0.39, 0.29) is 11.8 Å². The Labute approximate surface area is 141 Å². The average Bonchev–Trinajstić information content (AvgIpc) is 2.99. The molecule has 0 saturated heterocycles. The molecule has 0 spiro atoms. The Morgan fingerprint density at radius 1 is 1.22 bits per heavy atom. The second-order valence-electron chi connectivity index (χ2n) is 5.42. The third kappa shape index (κ3) is 2.55. The van der Waals surface area contributed by atoms with Crippen molar-refractivity contribution in [2.45, 2.75) is 12.3 Å². The Kier molecular flexibility index (Phi) is 3.46. The lowest BCUT2D eigenvalue weighted by atomic mass is 9.90. The van der Waals surface area contributed by atoms with Crippen molar-refractivity contribution in [3.8, 4) is 5.69 Å². The van der Waals surface area contributed by atoms with Gasteiger partial charge in [0.05, 0.1) is 17.6 Å². The SMILES string of the molecule is O=C1C[C@H](c2ccc(Br)cc2)c2ncn(-c3cccnc3)c2N1. The fourth-order valence-corrected chi connectivity index (χ4v) is 3.13. The first-order chi connectivity index (χ1) is 11.2. The number of anilines is 1. The van der Waals surface area contributed by atoms with Gasteiger partial charge >= 0.3 is 0 Å². The molecule has 3 aromatic rings. The normalized spacial score (nSPS) is 16.7. The molecule has 1 aliphatic rings.